The topological polar surface area (TPSA) is 51.6 Å². The van der Waals surface area contributed by atoms with Crippen molar-refractivity contribution >= 4 is 32.4 Å². The van der Waals surface area contributed by atoms with E-state index in [0.717, 1.165) is 60.8 Å². The van der Waals surface area contributed by atoms with E-state index in [0.29, 0.717) is 17.5 Å². The van der Waals surface area contributed by atoms with Crippen molar-refractivity contribution in [3.05, 3.63) is 194 Å². The van der Waals surface area contributed by atoms with E-state index < -0.39 is 0 Å². The lowest BCUT2D eigenvalue weighted by Gasteiger charge is -2.13. The van der Waals surface area contributed by atoms with Crippen LogP contribution in [0.4, 0.5) is 0 Å². The van der Waals surface area contributed by atoms with Gasteiger partial charge in [-0.2, -0.15) is 0 Å². The normalized spacial score (nSPS) is 11.3. The number of hydrogen-bond acceptors (Lipinski definition) is 4. The third kappa shape index (κ3) is 5.76. The summed E-state index contributed by atoms with van der Waals surface area (Å²) in [6.45, 7) is 0. The van der Waals surface area contributed by atoms with E-state index in [1.165, 1.54) is 21.9 Å². The van der Waals surface area contributed by atoms with Gasteiger partial charge in [0.25, 0.3) is 0 Å². The van der Waals surface area contributed by atoms with E-state index in [2.05, 4.69) is 182 Å². The number of fused-ring (bicyclic) bond motifs is 5. The molecule has 4 heteroatoms. The van der Waals surface area contributed by atoms with Crippen molar-refractivity contribution in [2.45, 2.75) is 0 Å². The number of hydrogen-bond donors (Lipinski definition) is 0. The second kappa shape index (κ2) is 13.4. The molecule has 0 aliphatic heterocycles. The minimum Gasteiger partial charge on any atom is -0.246 e. The Morgan fingerprint density at radius 3 is 1.30 bits per heavy atom. The Labute approximate surface area is 313 Å². The first kappa shape index (κ1) is 31.4. The Morgan fingerprint density at radius 2 is 0.685 bits per heavy atom. The molecule has 252 valence electrons. The van der Waals surface area contributed by atoms with Gasteiger partial charge in [-0.3, -0.25) is 0 Å². The first-order chi connectivity index (χ1) is 26.7. The van der Waals surface area contributed by atoms with Crippen LogP contribution >= 0.6 is 0 Å². The Bertz CT molecular complexity index is 2860. The van der Waals surface area contributed by atoms with Crippen LogP contribution in [0.15, 0.2) is 194 Å². The molecule has 0 saturated heterocycles. The molecular formula is C50H32N4. The lowest BCUT2D eigenvalue weighted by molar-refractivity contribution is 1.07. The maximum atomic E-state index is 5.38. The van der Waals surface area contributed by atoms with Crippen LogP contribution < -0.4 is 0 Å². The molecule has 0 amide bonds. The molecule has 0 N–H and O–H groups in total. The zero-order valence-electron chi connectivity index (χ0n) is 29.3. The Balaban J connectivity index is 1.12. The molecule has 0 atom stereocenters. The van der Waals surface area contributed by atoms with E-state index in [-0.39, 0.29) is 0 Å². The molecule has 0 unspecified atom stereocenters. The molecule has 0 aliphatic rings. The number of nitrogens with zero attached hydrogens (tertiary/aromatic N) is 4. The highest BCUT2D eigenvalue weighted by atomic mass is 15.0. The van der Waals surface area contributed by atoms with Crippen molar-refractivity contribution in [3.63, 3.8) is 0 Å². The Kier molecular flexibility index (Phi) is 7.77. The summed E-state index contributed by atoms with van der Waals surface area (Å²) in [5.41, 5.74) is 10.3. The van der Waals surface area contributed by atoms with Crippen LogP contribution in [0.25, 0.3) is 100 Å². The van der Waals surface area contributed by atoms with E-state index in [4.69, 9.17) is 19.9 Å². The second-order valence-corrected chi connectivity index (χ2v) is 13.5. The summed E-state index contributed by atoms with van der Waals surface area (Å²) in [4.78, 5) is 20.7. The zero-order valence-corrected chi connectivity index (χ0v) is 29.3. The van der Waals surface area contributed by atoms with Crippen LogP contribution in [0.3, 0.4) is 0 Å². The van der Waals surface area contributed by atoms with E-state index in [1.807, 2.05) is 12.1 Å². The van der Waals surface area contributed by atoms with Crippen LogP contribution in [-0.2, 0) is 0 Å². The molecule has 54 heavy (non-hydrogen) atoms. The first-order valence-electron chi connectivity index (χ1n) is 18.1. The molecule has 8 aromatic carbocycles. The molecule has 10 rings (SSSR count). The fraction of sp³-hybridized carbons (Fsp3) is 0. The standard InChI is InChI=1S/C50H32N4/c1-3-12-33(13-4-1)35-22-26-38(27-23-35)48-52-49(39-28-24-36(25-29-39)34-14-5-2-6-15-34)54-50(53-48)41-18-11-17-40(32-41)46-44-21-10-9-20-43(44)45-31-30-37-16-7-8-19-42(37)47(45)51-46/h1-32H. The summed E-state index contributed by atoms with van der Waals surface area (Å²) in [6.07, 6.45) is 0. The monoisotopic (exact) mass is 688 g/mol. The molecule has 0 fully saturated rings. The maximum Gasteiger partial charge on any atom is 0.164 e. The lowest BCUT2D eigenvalue weighted by atomic mass is 9.97. The predicted molar refractivity (Wildman–Crippen MR) is 223 cm³/mol. The van der Waals surface area contributed by atoms with Crippen LogP contribution in [0.5, 0.6) is 0 Å². The quantitative estimate of drug-likeness (QED) is 0.163. The molecule has 0 radical (unpaired) electrons. The van der Waals surface area contributed by atoms with Gasteiger partial charge in [-0.05, 0) is 39.1 Å². The summed E-state index contributed by atoms with van der Waals surface area (Å²) < 4.78 is 0. The number of aromatic nitrogens is 4. The number of benzene rings is 8. The first-order valence-corrected chi connectivity index (χ1v) is 18.1. The second-order valence-electron chi connectivity index (χ2n) is 13.5. The summed E-state index contributed by atoms with van der Waals surface area (Å²) >= 11 is 0. The lowest BCUT2D eigenvalue weighted by Crippen LogP contribution is -2.00. The average Bonchev–Trinajstić information content (AvgIpc) is 3.26. The minimum atomic E-state index is 0.603. The van der Waals surface area contributed by atoms with Gasteiger partial charge < -0.3 is 0 Å². The van der Waals surface area contributed by atoms with E-state index >= 15 is 0 Å². The highest BCUT2D eigenvalue weighted by molar-refractivity contribution is 6.18. The van der Waals surface area contributed by atoms with Crippen molar-refractivity contribution in [2.24, 2.45) is 0 Å². The number of pyridine rings is 1. The van der Waals surface area contributed by atoms with Crippen molar-refractivity contribution in [3.8, 4) is 67.7 Å². The molecule has 2 aromatic heterocycles. The van der Waals surface area contributed by atoms with Gasteiger partial charge in [0.1, 0.15) is 0 Å². The molecule has 0 aliphatic carbocycles. The maximum absolute atomic E-state index is 5.38. The van der Waals surface area contributed by atoms with Crippen molar-refractivity contribution < 1.29 is 0 Å². The Hall–Kier alpha value is -7.30. The van der Waals surface area contributed by atoms with Crippen molar-refractivity contribution in [2.75, 3.05) is 0 Å². The number of rotatable bonds is 6. The van der Waals surface area contributed by atoms with Gasteiger partial charge in [-0.25, -0.2) is 19.9 Å². The van der Waals surface area contributed by atoms with E-state index in [9.17, 15) is 0 Å². The van der Waals surface area contributed by atoms with Crippen molar-refractivity contribution in [1.82, 2.24) is 19.9 Å². The van der Waals surface area contributed by atoms with Crippen LogP contribution in [0, 0.1) is 0 Å². The van der Waals surface area contributed by atoms with Gasteiger partial charge in [0.05, 0.1) is 11.2 Å². The van der Waals surface area contributed by atoms with Gasteiger partial charge in [0.2, 0.25) is 0 Å². The molecular weight excluding hydrogens is 657 g/mol. The van der Waals surface area contributed by atoms with Crippen LogP contribution in [0.1, 0.15) is 0 Å². The summed E-state index contributed by atoms with van der Waals surface area (Å²) in [6, 6.07) is 67.5. The fourth-order valence-corrected chi connectivity index (χ4v) is 7.36. The third-order valence-corrected chi connectivity index (χ3v) is 10.1. The largest absolute Gasteiger partial charge is 0.246 e. The summed E-state index contributed by atoms with van der Waals surface area (Å²) in [7, 11) is 0. The molecule has 2 heterocycles. The summed E-state index contributed by atoms with van der Waals surface area (Å²) in [5, 5.41) is 5.74. The SMILES string of the molecule is c1ccc(-c2ccc(-c3nc(-c4ccc(-c5ccccc5)cc4)nc(-c4cccc(-c5nc6c7ccccc7ccc6c6ccccc56)c4)n3)cc2)cc1. The van der Waals surface area contributed by atoms with Crippen LogP contribution in [0.2, 0.25) is 0 Å². The summed E-state index contributed by atoms with van der Waals surface area (Å²) in [5.74, 6) is 1.84. The average molecular weight is 689 g/mol. The molecule has 0 spiro atoms. The van der Waals surface area contributed by atoms with E-state index in [1.54, 1.807) is 0 Å². The molecule has 4 nitrogen and oxygen atoms in total. The zero-order chi connectivity index (χ0) is 35.8. The van der Waals surface area contributed by atoms with Gasteiger partial charge in [0.15, 0.2) is 17.5 Å². The van der Waals surface area contributed by atoms with Gasteiger partial charge in [0, 0.05) is 38.4 Å². The minimum absolute atomic E-state index is 0.603. The van der Waals surface area contributed by atoms with Crippen LogP contribution in [-0.4, -0.2) is 19.9 Å². The molecule has 0 bridgehead atoms. The van der Waals surface area contributed by atoms with Gasteiger partial charge >= 0.3 is 0 Å². The predicted octanol–water partition coefficient (Wildman–Crippen LogP) is 12.7. The molecule has 10 aromatic rings. The molecule has 0 saturated carbocycles. The van der Waals surface area contributed by atoms with Gasteiger partial charge in [-0.1, -0.05) is 188 Å². The highest BCUT2D eigenvalue weighted by Crippen LogP contribution is 2.37. The Morgan fingerprint density at radius 1 is 0.241 bits per heavy atom. The fourth-order valence-electron chi connectivity index (χ4n) is 7.36. The highest BCUT2D eigenvalue weighted by Gasteiger charge is 2.16. The van der Waals surface area contributed by atoms with Gasteiger partial charge in [-0.15, -0.1) is 0 Å². The smallest absolute Gasteiger partial charge is 0.164 e. The van der Waals surface area contributed by atoms with Crippen molar-refractivity contribution in [1.29, 1.82) is 0 Å². The third-order valence-electron chi connectivity index (χ3n) is 10.1.